The number of carboxylic acid groups (broad SMARTS) is 1. The van der Waals surface area contributed by atoms with Crippen molar-refractivity contribution in [2.24, 2.45) is 0 Å². The van der Waals surface area contributed by atoms with Crippen LogP contribution in [-0.4, -0.2) is 28.5 Å². The van der Waals surface area contributed by atoms with Gasteiger partial charge in [0.15, 0.2) is 0 Å². The second kappa shape index (κ2) is 12.7. The lowest BCUT2D eigenvalue weighted by molar-refractivity contribution is -0.138. The summed E-state index contributed by atoms with van der Waals surface area (Å²) in [5, 5.41) is 14.1. The van der Waals surface area contributed by atoms with Crippen LogP contribution in [0.2, 0.25) is 5.02 Å². The van der Waals surface area contributed by atoms with Crippen LogP contribution in [0.3, 0.4) is 0 Å². The first-order valence-electron chi connectivity index (χ1n) is 12.6. The van der Waals surface area contributed by atoms with Crippen LogP contribution in [0, 0.1) is 0 Å². The lowest BCUT2D eigenvalue weighted by Crippen LogP contribution is -2.26. The van der Waals surface area contributed by atoms with E-state index in [1.165, 1.54) is 30.5 Å². The number of aromatic nitrogens is 1. The van der Waals surface area contributed by atoms with Gasteiger partial charge in [-0.15, -0.1) is 0 Å². The molecule has 0 spiro atoms. The number of aliphatic carboxylic acids is 1. The summed E-state index contributed by atoms with van der Waals surface area (Å²) in [5.74, 6) is -1.71. The van der Waals surface area contributed by atoms with Gasteiger partial charge in [0.05, 0.1) is 17.5 Å². The van der Waals surface area contributed by atoms with E-state index >= 15 is 0 Å². The monoisotopic (exact) mass is 621 g/mol. The standard InChI is InChI=1S/C30H22ClF6N3O3/c31-25-14-21(30(35,36)37)6-9-23(25)17-2-7-22(8-3-17)39-15-18-1-5-20(29(32,33)34)13-24(18)19-4-10-26(40-16-19)28(43)38-12-11-27(41)42/h1-10,13-14,16,39H,11-12,15H2,(H,38,43)(H,41,42). The predicted molar refractivity (Wildman–Crippen MR) is 148 cm³/mol. The first kappa shape index (κ1) is 31.4. The summed E-state index contributed by atoms with van der Waals surface area (Å²) in [5.41, 5.74) is 0.810. The van der Waals surface area contributed by atoms with Gasteiger partial charge in [-0.05, 0) is 59.2 Å². The number of halogens is 7. The summed E-state index contributed by atoms with van der Waals surface area (Å²) < 4.78 is 79.4. The molecule has 4 aromatic rings. The molecule has 1 heterocycles. The molecule has 0 aliphatic heterocycles. The van der Waals surface area contributed by atoms with Gasteiger partial charge in [-0.2, -0.15) is 26.3 Å². The second-order valence-electron chi connectivity index (χ2n) is 9.32. The topological polar surface area (TPSA) is 91.3 Å². The summed E-state index contributed by atoms with van der Waals surface area (Å²) >= 11 is 6.09. The fourth-order valence-electron chi connectivity index (χ4n) is 4.13. The number of nitrogens with zero attached hydrogens (tertiary/aromatic N) is 1. The average molecular weight is 622 g/mol. The number of carbonyl (C=O) groups excluding carboxylic acids is 1. The van der Waals surface area contributed by atoms with Gasteiger partial charge < -0.3 is 15.7 Å². The summed E-state index contributed by atoms with van der Waals surface area (Å²) in [6.45, 7) is -0.00925. The Morgan fingerprint density at radius 3 is 2.00 bits per heavy atom. The highest BCUT2D eigenvalue weighted by Crippen LogP contribution is 2.37. The van der Waals surface area contributed by atoms with Crippen molar-refractivity contribution in [3.05, 3.63) is 106 Å². The summed E-state index contributed by atoms with van der Waals surface area (Å²) in [6.07, 6.45) is -8.15. The van der Waals surface area contributed by atoms with E-state index in [9.17, 15) is 35.9 Å². The minimum atomic E-state index is -4.60. The number of anilines is 1. The molecule has 224 valence electrons. The first-order valence-corrected chi connectivity index (χ1v) is 13.0. The maximum Gasteiger partial charge on any atom is 0.416 e. The number of pyridine rings is 1. The third-order valence-corrected chi connectivity index (χ3v) is 6.66. The fourth-order valence-corrected chi connectivity index (χ4v) is 4.42. The Kier molecular flexibility index (Phi) is 9.29. The summed E-state index contributed by atoms with van der Waals surface area (Å²) in [4.78, 5) is 26.9. The van der Waals surface area contributed by atoms with Crippen LogP contribution >= 0.6 is 11.6 Å². The van der Waals surface area contributed by atoms with Crippen LogP contribution in [0.5, 0.6) is 0 Å². The number of nitrogens with one attached hydrogen (secondary N) is 2. The zero-order chi connectivity index (χ0) is 31.4. The van der Waals surface area contributed by atoms with E-state index in [1.54, 1.807) is 24.3 Å². The Hall–Kier alpha value is -4.58. The van der Waals surface area contributed by atoms with E-state index in [0.29, 0.717) is 27.9 Å². The largest absolute Gasteiger partial charge is 0.481 e. The fraction of sp³-hybridized carbons (Fsp3) is 0.167. The van der Waals surface area contributed by atoms with Gasteiger partial charge in [0.1, 0.15) is 5.69 Å². The molecule has 0 bridgehead atoms. The normalized spacial score (nSPS) is 11.7. The van der Waals surface area contributed by atoms with Gasteiger partial charge in [0.25, 0.3) is 5.91 Å². The molecular weight excluding hydrogens is 600 g/mol. The lowest BCUT2D eigenvalue weighted by Gasteiger charge is -2.16. The van der Waals surface area contributed by atoms with Crippen LogP contribution in [0.1, 0.15) is 33.6 Å². The Morgan fingerprint density at radius 2 is 1.42 bits per heavy atom. The molecule has 1 amide bonds. The highest BCUT2D eigenvalue weighted by atomic mass is 35.5. The van der Waals surface area contributed by atoms with Crippen molar-refractivity contribution >= 4 is 29.2 Å². The van der Waals surface area contributed by atoms with E-state index < -0.39 is 35.4 Å². The van der Waals surface area contributed by atoms with Crippen molar-refractivity contribution in [3.63, 3.8) is 0 Å². The number of carbonyl (C=O) groups is 2. The Labute approximate surface area is 246 Å². The molecule has 6 nitrogen and oxygen atoms in total. The van der Waals surface area contributed by atoms with Crippen LogP contribution in [-0.2, 0) is 23.7 Å². The molecule has 0 aliphatic rings. The van der Waals surface area contributed by atoms with Crippen LogP contribution in [0.15, 0.2) is 79.0 Å². The molecule has 0 aliphatic carbocycles. The molecule has 43 heavy (non-hydrogen) atoms. The molecule has 13 heteroatoms. The Bertz CT molecular complexity index is 1620. The number of amides is 1. The lowest BCUT2D eigenvalue weighted by atomic mass is 9.97. The quantitative estimate of drug-likeness (QED) is 0.165. The minimum Gasteiger partial charge on any atom is -0.481 e. The number of alkyl halides is 6. The third-order valence-electron chi connectivity index (χ3n) is 6.34. The molecule has 3 aromatic carbocycles. The van der Waals surface area contributed by atoms with E-state index in [1.807, 2.05) is 0 Å². The smallest absolute Gasteiger partial charge is 0.416 e. The van der Waals surface area contributed by atoms with E-state index in [0.717, 1.165) is 24.3 Å². The zero-order valence-corrected chi connectivity index (χ0v) is 22.7. The number of rotatable bonds is 9. The van der Waals surface area contributed by atoms with Crippen LogP contribution < -0.4 is 10.6 Å². The van der Waals surface area contributed by atoms with Crippen molar-refractivity contribution in [2.45, 2.75) is 25.3 Å². The summed E-state index contributed by atoms with van der Waals surface area (Å²) in [6, 6.07) is 15.7. The highest BCUT2D eigenvalue weighted by molar-refractivity contribution is 6.33. The molecule has 0 saturated heterocycles. The highest BCUT2D eigenvalue weighted by Gasteiger charge is 2.32. The van der Waals surface area contributed by atoms with Gasteiger partial charge in [-0.25, -0.2) is 0 Å². The van der Waals surface area contributed by atoms with Crippen molar-refractivity contribution in [1.82, 2.24) is 10.3 Å². The van der Waals surface area contributed by atoms with E-state index in [2.05, 4.69) is 15.6 Å². The van der Waals surface area contributed by atoms with Crippen molar-refractivity contribution in [1.29, 1.82) is 0 Å². The van der Waals surface area contributed by atoms with Crippen LogP contribution in [0.25, 0.3) is 22.3 Å². The molecular formula is C30H22ClF6N3O3. The third kappa shape index (κ3) is 8.04. The maximum absolute atomic E-state index is 13.5. The van der Waals surface area contributed by atoms with Crippen molar-refractivity contribution in [2.75, 3.05) is 11.9 Å². The van der Waals surface area contributed by atoms with E-state index in [4.69, 9.17) is 16.7 Å². The second-order valence-corrected chi connectivity index (χ2v) is 9.73. The van der Waals surface area contributed by atoms with Crippen molar-refractivity contribution in [3.8, 4) is 22.3 Å². The van der Waals surface area contributed by atoms with Gasteiger partial charge in [-0.3, -0.25) is 14.6 Å². The average Bonchev–Trinajstić information content (AvgIpc) is 2.95. The van der Waals surface area contributed by atoms with Gasteiger partial charge in [0.2, 0.25) is 0 Å². The number of benzene rings is 3. The molecule has 0 atom stereocenters. The van der Waals surface area contributed by atoms with Crippen LogP contribution in [0.4, 0.5) is 32.0 Å². The summed E-state index contributed by atoms with van der Waals surface area (Å²) in [7, 11) is 0. The van der Waals surface area contributed by atoms with E-state index in [-0.39, 0.29) is 35.8 Å². The first-order chi connectivity index (χ1) is 20.2. The van der Waals surface area contributed by atoms with Gasteiger partial charge in [0, 0.05) is 41.1 Å². The number of hydrogen-bond acceptors (Lipinski definition) is 4. The maximum atomic E-state index is 13.5. The molecule has 0 radical (unpaired) electrons. The van der Waals surface area contributed by atoms with Gasteiger partial charge >= 0.3 is 18.3 Å². The Balaban J connectivity index is 1.53. The molecule has 0 unspecified atom stereocenters. The number of carboxylic acids is 1. The zero-order valence-electron chi connectivity index (χ0n) is 22.0. The molecule has 0 fully saturated rings. The minimum absolute atomic E-state index is 0.0333. The SMILES string of the molecule is O=C(O)CCNC(=O)c1ccc(-c2cc(C(F)(F)F)ccc2CNc2ccc(-c3ccc(C(F)(F)F)cc3Cl)cc2)cn1. The number of hydrogen-bond donors (Lipinski definition) is 3. The molecule has 0 saturated carbocycles. The molecule has 3 N–H and O–H groups in total. The molecule has 4 rings (SSSR count). The predicted octanol–water partition coefficient (Wildman–Crippen LogP) is 7.92. The van der Waals surface area contributed by atoms with Gasteiger partial charge in [-0.1, -0.05) is 41.9 Å². The van der Waals surface area contributed by atoms with Crippen molar-refractivity contribution < 1.29 is 41.0 Å². The Morgan fingerprint density at radius 1 is 0.791 bits per heavy atom. The molecule has 1 aromatic heterocycles.